The van der Waals surface area contributed by atoms with Gasteiger partial charge < -0.3 is 14.8 Å². The maximum Gasteiger partial charge on any atom is 0.269 e. The normalized spacial score (nSPS) is 24.5. The van der Waals surface area contributed by atoms with Crippen molar-refractivity contribution in [3.05, 3.63) is 68.1 Å². The van der Waals surface area contributed by atoms with Gasteiger partial charge in [-0.15, -0.1) is 0 Å². The smallest absolute Gasteiger partial charge is 0.269 e. The molecule has 192 valence electrons. The Morgan fingerprint density at radius 3 is 2.72 bits per heavy atom. The molecule has 0 aliphatic carbocycles. The first kappa shape index (κ1) is 24.4. The fourth-order valence-corrected chi connectivity index (χ4v) is 6.79. The van der Waals surface area contributed by atoms with Crippen LogP contribution in [0.3, 0.4) is 0 Å². The van der Waals surface area contributed by atoms with Crippen LogP contribution in [0, 0.1) is 22.0 Å². The molecule has 1 aromatic heterocycles. The van der Waals surface area contributed by atoms with Crippen LogP contribution in [0.15, 0.2) is 41.2 Å². The van der Waals surface area contributed by atoms with Gasteiger partial charge in [0.25, 0.3) is 11.2 Å². The van der Waals surface area contributed by atoms with Crippen LogP contribution in [0.25, 0.3) is 0 Å². The number of non-ortho nitro benzene ring substituents is 1. The van der Waals surface area contributed by atoms with E-state index < -0.39 is 20.9 Å². The molecule has 3 aliphatic heterocycles. The SMILES string of the molecule is CN(C)S(=O)(=O)CCNC(=O)[C@@H]1Cc2cc([N+](=O)[O-])ccc2N2C[C@@H]3C[C@@H](Cn4c3cccc4=O)[C@@H]12. The average molecular weight is 516 g/mol. The highest BCUT2D eigenvalue weighted by molar-refractivity contribution is 7.89. The van der Waals surface area contributed by atoms with Gasteiger partial charge in [0.2, 0.25) is 15.9 Å². The van der Waals surface area contributed by atoms with Gasteiger partial charge in [-0.3, -0.25) is 19.7 Å². The zero-order chi connectivity index (χ0) is 25.8. The van der Waals surface area contributed by atoms with E-state index in [1.165, 1.54) is 26.2 Å². The highest BCUT2D eigenvalue weighted by Gasteiger charge is 2.49. The highest BCUT2D eigenvalue weighted by Crippen LogP contribution is 2.47. The third kappa shape index (κ3) is 4.17. The van der Waals surface area contributed by atoms with Gasteiger partial charge in [-0.25, -0.2) is 12.7 Å². The van der Waals surface area contributed by atoms with Gasteiger partial charge >= 0.3 is 0 Å². The number of nitro groups is 1. The van der Waals surface area contributed by atoms with E-state index in [-0.39, 0.29) is 47.3 Å². The molecule has 11 nitrogen and oxygen atoms in total. The Kier molecular flexibility index (Phi) is 6.11. The zero-order valence-corrected chi connectivity index (χ0v) is 21.0. The fourth-order valence-electron chi connectivity index (χ4n) is 6.07. The molecular formula is C24H29N5O6S. The number of amides is 1. The molecule has 0 radical (unpaired) electrons. The minimum atomic E-state index is -3.47. The summed E-state index contributed by atoms with van der Waals surface area (Å²) in [7, 11) is -0.577. The Labute approximate surface area is 208 Å². The quantitative estimate of drug-likeness (QED) is 0.447. The van der Waals surface area contributed by atoms with Crippen molar-refractivity contribution in [1.29, 1.82) is 0 Å². The van der Waals surface area contributed by atoms with Crippen LogP contribution in [-0.4, -0.2) is 67.1 Å². The number of piperidine rings is 1. The first-order valence-electron chi connectivity index (χ1n) is 12.0. The van der Waals surface area contributed by atoms with Crippen molar-refractivity contribution < 1.29 is 18.1 Å². The number of carbonyl (C=O) groups is 1. The van der Waals surface area contributed by atoms with Gasteiger partial charge in [-0.2, -0.15) is 0 Å². The van der Waals surface area contributed by atoms with E-state index in [0.29, 0.717) is 19.5 Å². The zero-order valence-electron chi connectivity index (χ0n) is 20.2. The lowest BCUT2D eigenvalue weighted by Crippen LogP contribution is -2.61. The predicted octanol–water partition coefficient (Wildman–Crippen LogP) is 0.929. The van der Waals surface area contributed by atoms with Crippen molar-refractivity contribution in [1.82, 2.24) is 14.2 Å². The Morgan fingerprint density at radius 1 is 1.22 bits per heavy atom. The summed E-state index contributed by atoms with van der Waals surface area (Å²) in [5.74, 6) is -0.900. The molecule has 3 aliphatic rings. The molecule has 5 rings (SSSR count). The molecule has 2 bridgehead atoms. The number of hydrogen-bond acceptors (Lipinski definition) is 7. The number of nitro benzene ring substituents is 1. The lowest BCUT2D eigenvalue weighted by atomic mass is 9.70. The lowest BCUT2D eigenvalue weighted by molar-refractivity contribution is -0.384. The number of hydrogen-bond donors (Lipinski definition) is 1. The van der Waals surface area contributed by atoms with Crippen LogP contribution < -0.4 is 15.8 Å². The summed E-state index contributed by atoms with van der Waals surface area (Å²) in [5.41, 5.74) is 2.49. The largest absolute Gasteiger partial charge is 0.366 e. The van der Waals surface area contributed by atoms with Crippen molar-refractivity contribution in [2.75, 3.05) is 37.8 Å². The summed E-state index contributed by atoms with van der Waals surface area (Å²) in [6.45, 7) is 1.06. The Morgan fingerprint density at radius 2 is 2.00 bits per heavy atom. The average Bonchev–Trinajstić information content (AvgIpc) is 2.83. The van der Waals surface area contributed by atoms with Crippen molar-refractivity contribution in [2.24, 2.45) is 11.8 Å². The van der Waals surface area contributed by atoms with Crippen molar-refractivity contribution in [2.45, 2.75) is 31.3 Å². The number of aromatic nitrogens is 1. The second-order valence-electron chi connectivity index (χ2n) is 10.0. The van der Waals surface area contributed by atoms with E-state index in [1.807, 2.05) is 6.07 Å². The third-order valence-electron chi connectivity index (χ3n) is 7.75. The number of benzene rings is 1. The summed E-state index contributed by atoms with van der Waals surface area (Å²) in [6, 6.07) is 9.87. The number of pyridine rings is 1. The second-order valence-corrected chi connectivity index (χ2v) is 12.3. The molecular weight excluding hydrogens is 486 g/mol. The molecule has 4 heterocycles. The molecule has 1 aromatic carbocycles. The fraction of sp³-hybridized carbons (Fsp3) is 0.500. The summed E-state index contributed by atoms with van der Waals surface area (Å²) in [4.78, 5) is 39.2. The van der Waals surface area contributed by atoms with E-state index >= 15 is 0 Å². The standard InChI is InChI=1S/C24H29N5O6S/c1-26(2)36(34,35)9-8-25-24(31)19-12-15-11-18(29(32)33)6-7-21(15)28-13-16-10-17(23(19)28)14-27-20(16)4-3-5-22(27)30/h3-7,11,16-17,19,23H,8-10,12-14H2,1-2H3,(H,25,31)/t16-,17-,19+,23-/m0/s1. The molecule has 1 saturated heterocycles. The number of fused-ring (bicyclic) bond motifs is 8. The van der Waals surface area contributed by atoms with Crippen LogP contribution in [0.1, 0.15) is 23.6 Å². The van der Waals surface area contributed by atoms with E-state index in [9.17, 15) is 28.1 Å². The van der Waals surface area contributed by atoms with Crippen molar-refractivity contribution >= 4 is 27.3 Å². The Hall–Kier alpha value is -3.25. The van der Waals surface area contributed by atoms with E-state index in [1.54, 1.807) is 22.8 Å². The number of nitrogens with one attached hydrogen (secondary N) is 1. The summed E-state index contributed by atoms with van der Waals surface area (Å²) in [5, 5.41) is 14.2. The molecule has 1 N–H and O–H groups in total. The van der Waals surface area contributed by atoms with Gasteiger partial charge in [0.05, 0.1) is 16.6 Å². The topological polar surface area (TPSA) is 135 Å². The van der Waals surface area contributed by atoms with E-state index in [4.69, 9.17) is 0 Å². The van der Waals surface area contributed by atoms with Crippen molar-refractivity contribution in [3.63, 3.8) is 0 Å². The summed E-state index contributed by atoms with van der Waals surface area (Å²) >= 11 is 0. The molecule has 12 heteroatoms. The molecule has 0 spiro atoms. The second kappa shape index (κ2) is 9.00. The molecule has 1 fully saturated rings. The number of anilines is 1. The van der Waals surface area contributed by atoms with Crippen LogP contribution in [0.4, 0.5) is 11.4 Å². The van der Waals surface area contributed by atoms with Gasteiger partial charge in [0.1, 0.15) is 0 Å². The Balaban J connectivity index is 1.49. The first-order valence-corrected chi connectivity index (χ1v) is 13.6. The maximum atomic E-state index is 13.5. The molecule has 1 amide bonds. The Bertz CT molecular complexity index is 1390. The minimum absolute atomic E-state index is 0.0278. The number of rotatable bonds is 6. The van der Waals surface area contributed by atoms with Gasteiger partial charge in [0.15, 0.2) is 0 Å². The monoisotopic (exact) mass is 515 g/mol. The number of nitrogens with zero attached hydrogens (tertiary/aromatic N) is 4. The van der Waals surface area contributed by atoms with Gasteiger partial charge in [-0.05, 0) is 36.5 Å². The summed E-state index contributed by atoms with van der Waals surface area (Å²) < 4.78 is 27.2. The van der Waals surface area contributed by atoms with Gasteiger partial charge in [0, 0.05) is 75.3 Å². The first-order chi connectivity index (χ1) is 17.1. The van der Waals surface area contributed by atoms with Crippen LogP contribution in [-0.2, 0) is 27.8 Å². The van der Waals surface area contributed by atoms with Crippen molar-refractivity contribution in [3.8, 4) is 0 Å². The van der Waals surface area contributed by atoms with Crippen LogP contribution in [0.5, 0.6) is 0 Å². The molecule has 0 saturated carbocycles. The molecule has 0 unspecified atom stereocenters. The number of sulfonamides is 1. The lowest BCUT2D eigenvalue weighted by Gasteiger charge is -2.54. The third-order valence-corrected chi connectivity index (χ3v) is 9.59. The molecule has 36 heavy (non-hydrogen) atoms. The summed E-state index contributed by atoms with van der Waals surface area (Å²) in [6.07, 6.45) is 1.15. The predicted molar refractivity (Wildman–Crippen MR) is 133 cm³/mol. The number of carbonyl (C=O) groups excluding carboxylic acids is 1. The molecule has 4 atom stereocenters. The maximum absolute atomic E-state index is 13.5. The van der Waals surface area contributed by atoms with E-state index in [0.717, 1.165) is 27.7 Å². The molecule has 2 aromatic rings. The highest BCUT2D eigenvalue weighted by atomic mass is 32.2. The van der Waals surface area contributed by atoms with E-state index in [2.05, 4.69) is 10.2 Å². The minimum Gasteiger partial charge on any atom is -0.366 e. The van der Waals surface area contributed by atoms with Crippen LogP contribution >= 0.6 is 0 Å². The van der Waals surface area contributed by atoms with Crippen LogP contribution in [0.2, 0.25) is 0 Å². The van der Waals surface area contributed by atoms with Gasteiger partial charge in [-0.1, -0.05) is 6.07 Å².